The summed E-state index contributed by atoms with van der Waals surface area (Å²) in [6.45, 7) is 9.32. The molecule has 0 aromatic heterocycles. The quantitative estimate of drug-likeness (QED) is 0.0248. The van der Waals surface area contributed by atoms with Crippen LogP contribution in [0.4, 0.5) is 0 Å². The Hall–Kier alpha value is -1.41. The molecule has 1 saturated heterocycles. The van der Waals surface area contributed by atoms with Gasteiger partial charge in [0, 0.05) is 25.7 Å². The molecule has 1 heterocycles. The Balaban J connectivity index is 3.02. The van der Waals surface area contributed by atoms with Crippen molar-refractivity contribution in [1.29, 1.82) is 0 Å². The van der Waals surface area contributed by atoms with Crippen LogP contribution in [0.15, 0.2) is 0 Å². The van der Waals surface area contributed by atoms with Crippen molar-refractivity contribution in [2.75, 3.05) is 28.4 Å². The van der Waals surface area contributed by atoms with Crippen LogP contribution in [0.25, 0.3) is 0 Å². The van der Waals surface area contributed by atoms with Gasteiger partial charge in [-0.2, -0.15) is 0 Å². The molecule has 0 aromatic rings. The number of rotatable bonds is 44. The Morgan fingerprint density at radius 1 is 0.250 bits per heavy atom. The maximum absolute atomic E-state index is 11.5. The molecular weight excluding hydrogens is 929 g/mol. The van der Waals surface area contributed by atoms with Crippen molar-refractivity contribution in [2.24, 2.45) is 0 Å². The highest BCUT2D eigenvalue weighted by Crippen LogP contribution is 2.40. The van der Waals surface area contributed by atoms with Gasteiger partial charge in [-0.25, -0.2) is 0 Å². The fourth-order valence-electron chi connectivity index (χ4n) is 9.83. The molecule has 0 radical (unpaired) electrons. The molecule has 1 aliphatic heterocycles. The van der Waals surface area contributed by atoms with E-state index in [1.165, 1.54) is 131 Å². The normalized spacial score (nSPS) is 21.8. The van der Waals surface area contributed by atoms with Crippen LogP contribution in [0.5, 0.6) is 0 Å². The first-order valence-electron chi connectivity index (χ1n) is 27.7. The summed E-state index contributed by atoms with van der Waals surface area (Å²) in [5.41, 5.74) is 0. The van der Waals surface area contributed by atoms with Gasteiger partial charge >= 0.3 is 58.1 Å². The van der Waals surface area contributed by atoms with Gasteiger partial charge < -0.3 is 35.4 Å². The van der Waals surface area contributed by atoms with Crippen LogP contribution in [-0.4, -0.2) is 86.6 Å². The van der Waals surface area contributed by atoms with E-state index >= 15 is 0 Å². The van der Waals surface area contributed by atoms with Gasteiger partial charge in [-0.15, -0.1) is 0 Å². The summed E-state index contributed by atoms with van der Waals surface area (Å²) in [5, 5.41) is 0. The van der Waals surface area contributed by atoms with E-state index in [9.17, 15) is 19.2 Å². The molecule has 12 nitrogen and oxygen atoms in total. The van der Waals surface area contributed by atoms with Gasteiger partial charge in [0.05, 0.1) is 28.4 Å². The highest BCUT2D eigenvalue weighted by molar-refractivity contribution is 6.93. The number of hydrogen-bond acceptors (Lipinski definition) is 12. The van der Waals surface area contributed by atoms with Crippen molar-refractivity contribution in [2.45, 2.75) is 282 Å². The smallest absolute Gasteiger partial charge is 0.317 e. The van der Waals surface area contributed by atoms with Crippen molar-refractivity contribution >= 4 is 58.1 Å². The topological polar surface area (TPSA) is 142 Å². The number of esters is 4. The van der Waals surface area contributed by atoms with E-state index in [-0.39, 0.29) is 23.9 Å². The van der Waals surface area contributed by atoms with Gasteiger partial charge in [-0.3, -0.25) is 19.2 Å². The molecule has 0 amide bonds. The SMILES string of the molecule is COC(=O)CCCCCCCCCC[Si]1(C)O[Si](C)(CCCCCCCCCCC(=O)OC)O[Si](C)(CCCCCCCCCCC(=O)OC)O[Si](C)(CCCCCCCCCCC(=O)OC)O1. The highest BCUT2D eigenvalue weighted by atomic mass is 28.5. The third-order valence-electron chi connectivity index (χ3n) is 13.7. The van der Waals surface area contributed by atoms with Crippen molar-refractivity contribution in [3.63, 3.8) is 0 Å². The maximum atomic E-state index is 11.5. The number of unbranched alkanes of at least 4 members (excludes halogenated alkanes) is 28. The Labute approximate surface area is 420 Å². The molecule has 68 heavy (non-hydrogen) atoms. The third kappa shape index (κ3) is 34.8. The van der Waals surface area contributed by atoms with Crippen molar-refractivity contribution in [1.82, 2.24) is 0 Å². The number of carbonyl (C=O) groups is 4. The predicted molar refractivity (Wildman–Crippen MR) is 284 cm³/mol. The zero-order valence-corrected chi connectivity index (χ0v) is 49.2. The van der Waals surface area contributed by atoms with Crippen molar-refractivity contribution < 1.29 is 54.6 Å². The monoisotopic (exact) mass is 1030 g/mol. The molecule has 0 atom stereocenters. The zero-order chi connectivity index (χ0) is 50.3. The van der Waals surface area contributed by atoms with Crippen LogP contribution in [0.3, 0.4) is 0 Å². The fraction of sp³-hybridized carbons (Fsp3) is 0.923. The van der Waals surface area contributed by atoms with E-state index in [4.69, 9.17) is 35.4 Å². The fourth-order valence-corrected chi connectivity index (χ4v) is 33.4. The largest absolute Gasteiger partial charge is 0.469 e. The van der Waals surface area contributed by atoms with E-state index in [0.717, 1.165) is 127 Å². The second-order valence-corrected chi connectivity index (χ2v) is 34.9. The molecule has 0 aliphatic carbocycles. The molecular formula is C52H104O12Si4. The van der Waals surface area contributed by atoms with E-state index in [2.05, 4.69) is 26.2 Å². The van der Waals surface area contributed by atoms with Gasteiger partial charge in [-0.05, 0) is 76.0 Å². The van der Waals surface area contributed by atoms with Gasteiger partial charge in [0.15, 0.2) is 0 Å². The summed E-state index contributed by atoms with van der Waals surface area (Å²) in [4.78, 5) is 45.9. The van der Waals surface area contributed by atoms with Crippen molar-refractivity contribution in [3.05, 3.63) is 0 Å². The predicted octanol–water partition coefficient (Wildman–Crippen LogP) is 15.1. The Kier molecular flexibility index (Phi) is 38.1. The minimum absolute atomic E-state index is 0.111. The molecule has 400 valence electrons. The number of hydrogen-bond donors (Lipinski definition) is 0. The maximum Gasteiger partial charge on any atom is 0.317 e. The van der Waals surface area contributed by atoms with Gasteiger partial charge in [0.1, 0.15) is 0 Å². The summed E-state index contributed by atoms with van der Waals surface area (Å²) in [7, 11) is -4.85. The lowest BCUT2D eigenvalue weighted by atomic mass is 10.1. The lowest BCUT2D eigenvalue weighted by Crippen LogP contribution is -2.67. The first kappa shape index (κ1) is 64.6. The molecule has 1 aliphatic rings. The molecule has 16 heteroatoms. The standard InChI is InChI=1S/C52H104O12Si4/c1-57-49(53)41-33-25-17-9-13-21-29-37-45-65(5)61-66(6,46-38-30-22-14-10-18-26-34-42-50(54)58-2)63-68(8,48-40-32-24-16-12-20-28-36-44-52(56)60-4)64-67(7,62-65)47-39-31-23-15-11-19-27-35-43-51(55)59-3/h9-48H2,1-8H3. The van der Waals surface area contributed by atoms with E-state index in [1.807, 2.05) is 0 Å². The molecule has 0 N–H and O–H groups in total. The number of ether oxygens (including phenoxy) is 4. The Morgan fingerprint density at radius 2 is 0.382 bits per heavy atom. The van der Waals surface area contributed by atoms with Crippen molar-refractivity contribution in [3.8, 4) is 0 Å². The van der Waals surface area contributed by atoms with Crippen LogP contribution in [0.1, 0.15) is 231 Å². The molecule has 0 aromatic carbocycles. The summed E-state index contributed by atoms with van der Waals surface area (Å²) < 4.78 is 49.5. The van der Waals surface area contributed by atoms with Gasteiger partial charge in [0.25, 0.3) is 0 Å². The second-order valence-electron chi connectivity index (χ2n) is 20.6. The average molecular weight is 1030 g/mol. The summed E-state index contributed by atoms with van der Waals surface area (Å²) in [6, 6.07) is 3.88. The van der Waals surface area contributed by atoms with Crippen LogP contribution in [-0.2, 0) is 54.6 Å². The number of methoxy groups -OCH3 is 4. The average Bonchev–Trinajstić information content (AvgIpc) is 3.30. The van der Waals surface area contributed by atoms with Crippen LogP contribution >= 0.6 is 0 Å². The van der Waals surface area contributed by atoms with E-state index < -0.39 is 34.2 Å². The van der Waals surface area contributed by atoms with Crippen LogP contribution in [0, 0.1) is 0 Å². The van der Waals surface area contributed by atoms with E-state index in [0.29, 0.717) is 25.7 Å². The lowest BCUT2D eigenvalue weighted by Gasteiger charge is -2.50. The highest BCUT2D eigenvalue weighted by Gasteiger charge is 2.56. The van der Waals surface area contributed by atoms with Gasteiger partial charge in [-0.1, -0.05) is 180 Å². The molecule has 0 unspecified atom stereocenters. The Bertz CT molecular complexity index is 1110. The molecule has 0 spiro atoms. The summed E-state index contributed by atoms with van der Waals surface area (Å²) >= 11 is 0. The number of carbonyl (C=O) groups excluding carboxylic acids is 4. The minimum atomic E-state index is -2.67. The second kappa shape index (κ2) is 40.1. The molecule has 0 bridgehead atoms. The minimum Gasteiger partial charge on any atom is -0.469 e. The van der Waals surface area contributed by atoms with Gasteiger partial charge in [0.2, 0.25) is 0 Å². The molecule has 0 saturated carbocycles. The lowest BCUT2D eigenvalue weighted by molar-refractivity contribution is -0.141. The van der Waals surface area contributed by atoms with Crippen LogP contribution < -0.4 is 0 Å². The first-order valence-corrected chi connectivity index (χ1v) is 37.8. The van der Waals surface area contributed by atoms with E-state index in [1.54, 1.807) is 0 Å². The summed E-state index contributed by atoms with van der Waals surface area (Å²) in [6.07, 6.45) is 38.2. The molecule has 1 rings (SSSR count). The Morgan fingerprint density at radius 3 is 0.529 bits per heavy atom. The van der Waals surface area contributed by atoms with Crippen LogP contribution in [0.2, 0.25) is 50.4 Å². The molecule has 1 fully saturated rings. The summed E-state index contributed by atoms with van der Waals surface area (Å²) in [5.74, 6) is -0.444. The third-order valence-corrected chi connectivity index (χ3v) is 32.5. The zero-order valence-electron chi connectivity index (χ0n) is 45.2. The first-order chi connectivity index (χ1) is 32.6.